The zero-order valence-electron chi connectivity index (χ0n) is 9.49. The number of aromatic nitrogens is 3. The van der Waals surface area contributed by atoms with Crippen molar-refractivity contribution in [2.45, 2.75) is 10.1 Å². The fourth-order valence-electron chi connectivity index (χ4n) is 1.19. The van der Waals surface area contributed by atoms with Gasteiger partial charge in [-0.25, -0.2) is 9.78 Å². The number of thioether (sulfide) groups is 1. The van der Waals surface area contributed by atoms with Gasteiger partial charge in [-0.3, -0.25) is 0 Å². The monoisotopic (exact) mass is 282 g/mol. The van der Waals surface area contributed by atoms with E-state index >= 15 is 0 Å². The predicted molar refractivity (Wildman–Crippen MR) is 69.5 cm³/mol. The molecule has 6 nitrogen and oxygen atoms in total. The number of anilines is 1. The van der Waals surface area contributed by atoms with Crippen LogP contribution in [0.3, 0.4) is 0 Å². The molecule has 2 aromatic heterocycles. The van der Waals surface area contributed by atoms with Gasteiger partial charge in [-0.2, -0.15) is 0 Å². The Balaban J connectivity index is 2.03. The quantitative estimate of drug-likeness (QED) is 0.672. The number of ether oxygens (including phenoxy) is 1. The molecule has 18 heavy (non-hydrogen) atoms. The number of nitrogens with two attached hydrogens (primary N) is 1. The maximum atomic E-state index is 11.3. The summed E-state index contributed by atoms with van der Waals surface area (Å²) in [6, 6.07) is 5.22. The van der Waals surface area contributed by atoms with Gasteiger partial charge in [0.1, 0.15) is 5.69 Å². The minimum absolute atomic E-state index is 0.298. The number of hydrogen-bond donors (Lipinski definition) is 1. The summed E-state index contributed by atoms with van der Waals surface area (Å²) < 4.78 is 5.39. The number of hydrogen-bond acceptors (Lipinski definition) is 8. The van der Waals surface area contributed by atoms with Crippen molar-refractivity contribution in [3.63, 3.8) is 0 Å². The Hall–Kier alpha value is -1.67. The standard InChI is InChI=1S/C10H10N4O2S2/c1-16-8(15)7-4-2-3-6(12-7)5-17-10-14-13-9(11)18-10/h2-4H,5H2,1H3,(H2,11,13). The molecule has 0 bridgehead atoms. The van der Waals surface area contributed by atoms with Gasteiger partial charge in [0.05, 0.1) is 12.8 Å². The molecule has 0 spiro atoms. The van der Waals surface area contributed by atoms with Crippen LogP contribution in [-0.4, -0.2) is 28.3 Å². The van der Waals surface area contributed by atoms with E-state index < -0.39 is 5.97 Å². The van der Waals surface area contributed by atoms with Crippen molar-refractivity contribution in [2.24, 2.45) is 0 Å². The van der Waals surface area contributed by atoms with Crippen LogP contribution in [0.2, 0.25) is 0 Å². The summed E-state index contributed by atoms with van der Waals surface area (Å²) in [4.78, 5) is 15.5. The molecule has 0 amide bonds. The zero-order chi connectivity index (χ0) is 13.0. The van der Waals surface area contributed by atoms with E-state index in [0.29, 0.717) is 16.6 Å². The molecule has 0 saturated heterocycles. The molecule has 0 aromatic carbocycles. The number of carbonyl (C=O) groups excluding carboxylic acids is 1. The van der Waals surface area contributed by atoms with E-state index in [9.17, 15) is 4.79 Å². The van der Waals surface area contributed by atoms with Crippen LogP contribution in [0.4, 0.5) is 5.13 Å². The molecule has 0 atom stereocenters. The second-order valence-corrected chi connectivity index (χ2v) is 5.43. The highest BCUT2D eigenvalue weighted by molar-refractivity contribution is 8.00. The number of rotatable bonds is 4. The summed E-state index contributed by atoms with van der Waals surface area (Å²) in [6.45, 7) is 0. The van der Waals surface area contributed by atoms with Crippen molar-refractivity contribution < 1.29 is 9.53 Å². The molecule has 2 rings (SSSR count). The first-order valence-corrected chi connectivity index (χ1v) is 6.75. The van der Waals surface area contributed by atoms with Crippen molar-refractivity contribution in [3.8, 4) is 0 Å². The Bertz CT molecular complexity index is 558. The first-order valence-electron chi connectivity index (χ1n) is 4.95. The minimum atomic E-state index is -0.443. The first-order chi connectivity index (χ1) is 8.69. The van der Waals surface area contributed by atoms with Crippen LogP contribution in [0.15, 0.2) is 22.5 Å². The first kappa shape index (κ1) is 12.8. The molecule has 0 unspecified atom stereocenters. The summed E-state index contributed by atoms with van der Waals surface area (Å²) in [6.07, 6.45) is 0. The summed E-state index contributed by atoms with van der Waals surface area (Å²) in [5.41, 5.74) is 6.56. The molecule has 2 heterocycles. The van der Waals surface area contributed by atoms with Crippen LogP contribution in [0.1, 0.15) is 16.2 Å². The van der Waals surface area contributed by atoms with Crippen LogP contribution in [0, 0.1) is 0 Å². The Labute approximate surface area is 112 Å². The molecule has 8 heteroatoms. The lowest BCUT2D eigenvalue weighted by Gasteiger charge is -2.01. The van der Waals surface area contributed by atoms with Gasteiger partial charge in [0, 0.05) is 5.75 Å². The number of carbonyl (C=O) groups is 1. The maximum absolute atomic E-state index is 11.3. The molecule has 0 saturated carbocycles. The van der Waals surface area contributed by atoms with Gasteiger partial charge < -0.3 is 10.5 Å². The van der Waals surface area contributed by atoms with Gasteiger partial charge in [-0.15, -0.1) is 10.2 Å². The highest BCUT2D eigenvalue weighted by Gasteiger charge is 2.08. The molecule has 0 aliphatic carbocycles. The number of nitrogens with zero attached hydrogens (tertiary/aromatic N) is 3. The largest absolute Gasteiger partial charge is 0.464 e. The second kappa shape index (κ2) is 5.78. The molecule has 0 radical (unpaired) electrons. The van der Waals surface area contributed by atoms with Gasteiger partial charge in [-0.1, -0.05) is 29.2 Å². The Kier molecular flexibility index (Phi) is 4.11. The third-order valence-corrected chi connectivity index (χ3v) is 3.89. The van der Waals surface area contributed by atoms with E-state index in [1.54, 1.807) is 12.1 Å². The van der Waals surface area contributed by atoms with Crippen molar-refractivity contribution >= 4 is 34.2 Å². The average molecular weight is 282 g/mol. The maximum Gasteiger partial charge on any atom is 0.356 e. The van der Waals surface area contributed by atoms with Crippen LogP contribution in [0.5, 0.6) is 0 Å². The lowest BCUT2D eigenvalue weighted by atomic mass is 10.3. The Morgan fingerprint density at radius 1 is 1.50 bits per heavy atom. The fraction of sp³-hybridized carbons (Fsp3) is 0.200. The second-order valence-electron chi connectivity index (χ2n) is 3.20. The number of nitrogen functional groups attached to an aromatic ring is 1. The van der Waals surface area contributed by atoms with Crippen molar-refractivity contribution in [1.82, 2.24) is 15.2 Å². The normalized spacial score (nSPS) is 10.3. The molecule has 2 N–H and O–H groups in total. The Morgan fingerprint density at radius 2 is 2.33 bits per heavy atom. The third-order valence-electron chi connectivity index (χ3n) is 1.97. The van der Waals surface area contributed by atoms with Gasteiger partial charge >= 0.3 is 5.97 Å². The highest BCUT2D eigenvalue weighted by Crippen LogP contribution is 2.26. The topological polar surface area (TPSA) is 91.0 Å². The average Bonchev–Trinajstić information content (AvgIpc) is 2.81. The van der Waals surface area contributed by atoms with Crippen molar-refractivity contribution in [3.05, 3.63) is 29.6 Å². The summed E-state index contributed by atoms with van der Waals surface area (Å²) in [5, 5.41) is 8.05. The Morgan fingerprint density at radius 3 is 3.00 bits per heavy atom. The van der Waals surface area contributed by atoms with Crippen molar-refractivity contribution in [1.29, 1.82) is 0 Å². The van der Waals surface area contributed by atoms with E-state index in [2.05, 4.69) is 19.9 Å². The van der Waals surface area contributed by atoms with Crippen molar-refractivity contribution in [2.75, 3.05) is 12.8 Å². The van der Waals surface area contributed by atoms with Gasteiger partial charge in [0.15, 0.2) is 4.34 Å². The van der Waals surface area contributed by atoms with Crippen LogP contribution < -0.4 is 5.73 Å². The smallest absolute Gasteiger partial charge is 0.356 e. The predicted octanol–water partition coefficient (Wildman–Crippen LogP) is 1.59. The molecule has 94 valence electrons. The third kappa shape index (κ3) is 3.17. The lowest BCUT2D eigenvalue weighted by Crippen LogP contribution is -2.05. The van der Waals surface area contributed by atoms with Gasteiger partial charge in [-0.05, 0) is 12.1 Å². The van der Waals surface area contributed by atoms with Crippen LogP contribution in [-0.2, 0) is 10.5 Å². The highest BCUT2D eigenvalue weighted by atomic mass is 32.2. The molecular weight excluding hydrogens is 272 g/mol. The number of esters is 1. The lowest BCUT2D eigenvalue weighted by molar-refractivity contribution is 0.0594. The van der Waals surface area contributed by atoms with E-state index in [-0.39, 0.29) is 0 Å². The SMILES string of the molecule is COC(=O)c1cccc(CSc2nnc(N)s2)n1. The number of pyridine rings is 1. The summed E-state index contributed by atoms with van der Waals surface area (Å²) >= 11 is 2.79. The minimum Gasteiger partial charge on any atom is -0.464 e. The van der Waals surface area contributed by atoms with E-state index in [4.69, 9.17) is 5.73 Å². The summed E-state index contributed by atoms with van der Waals surface area (Å²) in [5.74, 6) is 0.154. The van der Waals surface area contributed by atoms with Gasteiger partial charge in [0.25, 0.3) is 0 Å². The number of methoxy groups -OCH3 is 1. The molecule has 0 fully saturated rings. The van der Waals surface area contributed by atoms with Gasteiger partial charge in [0.2, 0.25) is 5.13 Å². The molecular formula is C10H10N4O2S2. The molecule has 2 aromatic rings. The van der Waals surface area contributed by atoms with Crippen LogP contribution >= 0.6 is 23.1 Å². The molecule has 0 aliphatic rings. The zero-order valence-corrected chi connectivity index (χ0v) is 11.1. The van der Waals surface area contributed by atoms with Crippen LogP contribution in [0.25, 0.3) is 0 Å². The molecule has 0 aliphatic heterocycles. The fourth-order valence-corrected chi connectivity index (χ4v) is 2.73. The van der Waals surface area contributed by atoms with E-state index in [0.717, 1.165) is 10.0 Å². The van der Waals surface area contributed by atoms with E-state index in [1.807, 2.05) is 6.07 Å². The summed E-state index contributed by atoms with van der Waals surface area (Å²) in [7, 11) is 1.33. The van der Waals surface area contributed by atoms with E-state index in [1.165, 1.54) is 30.2 Å².